The molecule has 1 fully saturated rings. The van der Waals surface area contributed by atoms with Crippen LogP contribution in [0.4, 0.5) is 18.9 Å². The number of nitrogens with one attached hydrogen (secondary N) is 1. The van der Waals surface area contributed by atoms with E-state index in [1.165, 1.54) is 18.6 Å². The van der Waals surface area contributed by atoms with E-state index in [9.17, 15) is 18.0 Å². The summed E-state index contributed by atoms with van der Waals surface area (Å²) in [5.41, 5.74) is 0.374. The number of alkyl halides is 3. The number of hydrogen-bond donors (Lipinski definition) is 1. The lowest BCUT2D eigenvalue weighted by Crippen LogP contribution is -2.18. The van der Waals surface area contributed by atoms with E-state index in [2.05, 4.69) is 15.2 Å². The molecule has 0 aliphatic heterocycles. The number of halogens is 3. The standard InChI is InChI=1S/C15H16F3N3O2/c16-15(17,18)23-14-7-12-10(6-13(14)19-9-22)8-21(20-12)11-4-2-1-3-5-11/h6-9,11H,1-5H2,(H,19,22). The van der Waals surface area contributed by atoms with Gasteiger partial charge in [0.25, 0.3) is 0 Å². The Morgan fingerprint density at radius 3 is 2.65 bits per heavy atom. The molecule has 1 saturated carbocycles. The van der Waals surface area contributed by atoms with E-state index < -0.39 is 12.1 Å². The molecule has 23 heavy (non-hydrogen) atoms. The molecule has 0 atom stereocenters. The van der Waals surface area contributed by atoms with E-state index in [1.54, 1.807) is 6.20 Å². The number of anilines is 1. The molecular formula is C15H16F3N3O2. The highest BCUT2D eigenvalue weighted by Crippen LogP contribution is 2.35. The highest BCUT2D eigenvalue weighted by Gasteiger charge is 2.32. The molecule has 0 saturated heterocycles. The van der Waals surface area contributed by atoms with Crippen molar-refractivity contribution in [2.45, 2.75) is 44.5 Å². The molecule has 8 heteroatoms. The van der Waals surface area contributed by atoms with E-state index in [1.807, 2.05) is 4.68 Å². The zero-order valence-electron chi connectivity index (χ0n) is 12.3. The molecule has 1 aliphatic rings. The Hall–Kier alpha value is -2.25. The van der Waals surface area contributed by atoms with Gasteiger partial charge in [-0.2, -0.15) is 5.10 Å². The Balaban J connectivity index is 1.98. The molecule has 0 bridgehead atoms. The van der Waals surface area contributed by atoms with Gasteiger partial charge in [-0.25, -0.2) is 0 Å². The van der Waals surface area contributed by atoms with Gasteiger partial charge in [-0.05, 0) is 18.9 Å². The fourth-order valence-electron chi connectivity index (χ4n) is 2.99. The molecule has 0 spiro atoms. The predicted octanol–water partition coefficient (Wildman–Crippen LogP) is 4.01. The molecule has 5 nitrogen and oxygen atoms in total. The van der Waals surface area contributed by atoms with Gasteiger partial charge >= 0.3 is 6.36 Å². The lowest BCUT2D eigenvalue weighted by atomic mass is 9.96. The highest BCUT2D eigenvalue weighted by molar-refractivity contribution is 5.88. The van der Waals surface area contributed by atoms with E-state index in [-0.39, 0.29) is 11.7 Å². The van der Waals surface area contributed by atoms with E-state index in [0.717, 1.165) is 25.7 Å². The van der Waals surface area contributed by atoms with Crippen LogP contribution < -0.4 is 10.1 Å². The first-order chi connectivity index (χ1) is 11.0. The summed E-state index contributed by atoms with van der Waals surface area (Å²) in [5.74, 6) is -0.467. The van der Waals surface area contributed by atoms with Gasteiger partial charge in [0, 0.05) is 17.6 Å². The summed E-state index contributed by atoms with van der Waals surface area (Å²) in [4.78, 5) is 10.6. The number of hydrogen-bond acceptors (Lipinski definition) is 3. The third-order valence-electron chi connectivity index (χ3n) is 4.01. The normalized spacial score (nSPS) is 16.5. The van der Waals surface area contributed by atoms with Gasteiger partial charge in [0.05, 0.1) is 17.2 Å². The van der Waals surface area contributed by atoms with Gasteiger partial charge < -0.3 is 10.1 Å². The number of amides is 1. The third-order valence-corrected chi connectivity index (χ3v) is 4.01. The van der Waals surface area contributed by atoms with Crippen LogP contribution in [0.25, 0.3) is 10.9 Å². The monoisotopic (exact) mass is 327 g/mol. The van der Waals surface area contributed by atoms with E-state index in [0.29, 0.717) is 17.3 Å². The van der Waals surface area contributed by atoms with Crippen molar-refractivity contribution in [3.8, 4) is 5.75 Å². The number of rotatable bonds is 4. The van der Waals surface area contributed by atoms with Crippen LogP contribution in [0.15, 0.2) is 18.3 Å². The quantitative estimate of drug-likeness (QED) is 0.863. The summed E-state index contributed by atoms with van der Waals surface area (Å²) in [7, 11) is 0. The van der Waals surface area contributed by atoms with Crippen LogP contribution in [0.3, 0.4) is 0 Å². The minimum absolute atomic E-state index is 0.0342. The van der Waals surface area contributed by atoms with Gasteiger partial charge in [0.15, 0.2) is 5.75 Å². The number of carbonyl (C=O) groups is 1. The average molecular weight is 327 g/mol. The number of benzene rings is 1. The van der Waals surface area contributed by atoms with Crippen molar-refractivity contribution in [2.75, 3.05) is 5.32 Å². The Morgan fingerprint density at radius 1 is 1.26 bits per heavy atom. The number of carbonyl (C=O) groups excluding carboxylic acids is 1. The van der Waals surface area contributed by atoms with Gasteiger partial charge in [-0.15, -0.1) is 13.2 Å². The number of aromatic nitrogens is 2. The summed E-state index contributed by atoms with van der Waals surface area (Å²) >= 11 is 0. The second-order valence-electron chi connectivity index (χ2n) is 5.62. The maximum atomic E-state index is 12.5. The van der Waals surface area contributed by atoms with Crippen molar-refractivity contribution in [1.82, 2.24) is 9.78 Å². The summed E-state index contributed by atoms with van der Waals surface area (Å²) in [6.07, 6.45) is 2.77. The van der Waals surface area contributed by atoms with Crippen molar-refractivity contribution in [3.05, 3.63) is 18.3 Å². The summed E-state index contributed by atoms with van der Waals surface area (Å²) in [6.45, 7) is 0. The largest absolute Gasteiger partial charge is 0.573 e. The molecule has 0 radical (unpaired) electrons. The fraction of sp³-hybridized carbons (Fsp3) is 0.467. The SMILES string of the molecule is O=CNc1cc2cn(C3CCCCC3)nc2cc1OC(F)(F)F. The summed E-state index contributed by atoms with van der Waals surface area (Å²) in [5, 5.41) is 7.28. The molecule has 3 rings (SSSR count). The summed E-state index contributed by atoms with van der Waals surface area (Å²) in [6, 6.07) is 2.91. The molecular weight excluding hydrogens is 311 g/mol. The molecule has 0 unspecified atom stereocenters. The van der Waals surface area contributed by atoms with Crippen LogP contribution in [0.2, 0.25) is 0 Å². The Kier molecular flexibility index (Phi) is 4.14. The van der Waals surface area contributed by atoms with Gasteiger partial charge in [0.1, 0.15) is 0 Å². The minimum atomic E-state index is -4.83. The van der Waals surface area contributed by atoms with Crippen molar-refractivity contribution < 1.29 is 22.7 Å². The maximum Gasteiger partial charge on any atom is 0.573 e. The molecule has 1 aromatic carbocycles. The Bertz CT molecular complexity index is 706. The molecule has 1 heterocycles. The van der Waals surface area contributed by atoms with Gasteiger partial charge in [-0.1, -0.05) is 19.3 Å². The maximum absolute atomic E-state index is 12.5. The van der Waals surface area contributed by atoms with Crippen LogP contribution in [-0.4, -0.2) is 22.6 Å². The van der Waals surface area contributed by atoms with Crippen molar-refractivity contribution in [1.29, 1.82) is 0 Å². The fourth-order valence-corrected chi connectivity index (χ4v) is 2.99. The van der Waals surface area contributed by atoms with E-state index >= 15 is 0 Å². The zero-order chi connectivity index (χ0) is 16.4. The van der Waals surface area contributed by atoms with Gasteiger partial charge in [0.2, 0.25) is 6.41 Å². The topological polar surface area (TPSA) is 56.2 Å². The van der Waals surface area contributed by atoms with Crippen LogP contribution in [0.1, 0.15) is 38.1 Å². The first kappa shape index (κ1) is 15.6. The Morgan fingerprint density at radius 2 is 2.00 bits per heavy atom. The van der Waals surface area contributed by atoms with Gasteiger partial charge in [-0.3, -0.25) is 9.48 Å². The molecule has 1 N–H and O–H groups in total. The third kappa shape index (κ3) is 3.57. The first-order valence-corrected chi connectivity index (χ1v) is 7.45. The molecule has 124 valence electrons. The smallest absolute Gasteiger partial charge is 0.403 e. The molecule has 2 aromatic rings. The number of fused-ring (bicyclic) bond motifs is 1. The van der Waals surface area contributed by atoms with Crippen molar-refractivity contribution >= 4 is 23.0 Å². The number of nitrogens with zero attached hydrogens (tertiary/aromatic N) is 2. The Labute approximate surface area is 130 Å². The lowest BCUT2D eigenvalue weighted by molar-refractivity contribution is -0.274. The van der Waals surface area contributed by atoms with Crippen LogP contribution in [0.5, 0.6) is 5.75 Å². The predicted molar refractivity (Wildman–Crippen MR) is 78.2 cm³/mol. The second-order valence-corrected chi connectivity index (χ2v) is 5.62. The van der Waals surface area contributed by atoms with Crippen LogP contribution in [0, 0.1) is 0 Å². The average Bonchev–Trinajstić information content (AvgIpc) is 2.90. The molecule has 1 aliphatic carbocycles. The second kappa shape index (κ2) is 6.10. The number of ether oxygens (including phenoxy) is 1. The first-order valence-electron chi connectivity index (χ1n) is 7.45. The highest BCUT2D eigenvalue weighted by atomic mass is 19.4. The van der Waals surface area contributed by atoms with Crippen molar-refractivity contribution in [2.24, 2.45) is 0 Å². The van der Waals surface area contributed by atoms with Crippen LogP contribution >= 0.6 is 0 Å². The van der Waals surface area contributed by atoms with Crippen molar-refractivity contribution in [3.63, 3.8) is 0 Å². The van der Waals surface area contributed by atoms with Crippen LogP contribution in [-0.2, 0) is 4.79 Å². The zero-order valence-corrected chi connectivity index (χ0v) is 12.3. The minimum Gasteiger partial charge on any atom is -0.403 e. The van der Waals surface area contributed by atoms with E-state index in [4.69, 9.17) is 0 Å². The lowest BCUT2D eigenvalue weighted by Gasteiger charge is -2.21. The molecule has 1 aromatic heterocycles. The summed E-state index contributed by atoms with van der Waals surface area (Å²) < 4.78 is 43.3. The molecule has 1 amide bonds.